The minimum absolute atomic E-state index is 0.185. The number of hydrogen-bond acceptors (Lipinski definition) is 2. The Morgan fingerprint density at radius 1 is 1.42 bits per heavy atom. The molecule has 64 valence electrons. The van der Waals surface area contributed by atoms with Crippen molar-refractivity contribution in [1.82, 2.24) is 0 Å². The van der Waals surface area contributed by atoms with E-state index in [4.69, 9.17) is 4.74 Å². The fourth-order valence-corrected chi connectivity index (χ4v) is 2.36. The van der Waals surface area contributed by atoms with E-state index in [9.17, 15) is 4.79 Å². The van der Waals surface area contributed by atoms with Crippen molar-refractivity contribution >= 4 is 30.5 Å². The van der Waals surface area contributed by atoms with E-state index in [0.717, 1.165) is 5.75 Å². The summed E-state index contributed by atoms with van der Waals surface area (Å²) in [6.45, 7) is 1.42. The molecule has 0 amide bonds. The fourth-order valence-electron chi connectivity index (χ4n) is 0.858. The summed E-state index contributed by atoms with van der Waals surface area (Å²) >= 11 is -0.185. The van der Waals surface area contributed by atoms with Crippen molar-refractivity contribution in [2.24, 2.45) is 0 Å². The van der Waals surface area contributed by atoms with Crippen LogP contribution in [0.15, 0.2) is 24.3 Å². The van der Waals surface area contributed by atoms with Gasteiger partial charge in [-0.05, 0) is 0 Å². The molecule has 0 spiro atoms. The predicted octanol–water partition coefficient (Wildman–Crippen LogP) is 0.989. The number of hydrogen-bond donors (Lipinski definition) is 0. The zero-order valence-corrected chi connectivity index (χ0v) is 9.36. The number of carbonyl (C=O) groups excluding carboxylic acids is 1. The molecule has 12 heavy (non-hydrogen) atoms. The average Bonchev–Trinajstić information content (AvgIpc) is 2.04. The van der Waals surface area contributed by atoms with Gasteiger partial charge in [0, 0.05) is 0 Å². The van der Waals surface area contributed by atoms with Crippen molar-refractivity contribution < 1.29 is 9.53 Å². The quantitative estimate of drug-likeness (QED) is 0.458. The number of carbonyl (C=O) groups is 1. The number of rotatable bonds is 2. The molecule has 1 aromatic rings. The summed E-state index contributed by atoms with van der Waals surface area (Å²) < 4.78 is 6.22. The van der Waals surface area contributed by atoms with E-state index < -0.39 is 0 Å². The average molecular weight is 278 g/mol. The summed E-state index contributed by atoms with van der Waals surface area (Å²) in [6.07, 6.45) is 0. The first-order valence-electron chi connectivity index (χ1n) is 3.55. The Labute approximate surface area is 82.0 Å². The predicted molar refractivity (Wildman–Crippen MR) is 49.0 cm³/mol. The zero-order valence-electron chi connectivity index (χ0n) is 7.03. The van der Waals surface area contributed by atoms with E-state index in [1.165, 1.54) is 10.5 Å². The summed E-state index contributed by atoms with van der Waals surface area (Å²) in [5, 5.41) is 0. The normalized spacial score (nSPS) is 9.50. The van der Waals surface area contributed by atoms with Gasteiger partial charge < -0.3 is 0 Å². The van der Waals surface area contributed by atoms with Gasteiger partial charge in [-0.1, -0.05) is 0 Å². The van der Waals surface area contributed by atoms with Crippen molar-refractivity contribution in [1.29, 1.82) is 0 Å². The summed E-state index contributed by atoms with van der Waals surface area (Å²) in [6, 6.07) is 7.70. The van der Waals surface area contributed by atoms with Gasteiger partial charge in [0.25, 0.3) is 0 Å². The molecule has 0 aliphatic rings. The first kappa shape index (κ1) is 9.57. The van der Waals surface area contributed by atoms with Crippen LogP contribution in [0.5, 0.6) is 5.75 Å². The SMILES string of the molecule is C[Te]c1ccccc1OC(C)=O. The van der Waals surface area contributed by atoms with Crippen LogP contribution < -0.4 is 8.35 Å². The first-order valence-corrected chi connectivity index (χ1v) is 7.05. The number of ether oxygens (including phenoxy) is 1. The van der Waals surface area contributed by atoms with Crippen LogP contribution in [0.2, 0.25) is 4.97 Å². The molecule has 0 unspecified atom stereocenters. The molecule has 1 aromatic carbocycles. The van der Waals surface area contributed by atoms with Crippen LogP contribution in [0.1, 0.15) is 6.92 Å². The van der Waals surface area contributed by atoms with Crippen LogP contribution in [0.4, 0.5) is 0 Å². The molecule has 0 aliphatic carbocycles. The van der Waals surface area contributed by atoms with Gasteiger partial charge in [-0.3, -0.25) is 0 Å². The minimum atomic E-state index is -0.247. The molecule has 0 radical (unpaired) electrons. The van der Waals surface area contributed by atoms with Crippen LogP contribution in [-0.2, 0) is 4.79 Å². The summed E-state index contributed by atoms with van der Waals surface area (Å²) in [5.41, 5.74) is 0. The standard InChI is InChI=1S/C9H10O2Te/c1-7(10)11-8-5-3-4-6-9(8)12-2/h3-6H,1-2H3. The van der Waals surface area contributed by atoms with Crippen LogP contribution in [0, 0.1) is 0 Å². The van der Waals surface area contributed by atoms with E-state index in [1.807, 2.05) is 24.3 Å². The second-order valence-electron chi connectivity index (χ2n) is 2.24. The molecule has 1 rings (SSSR count). The van der Waals surface area contributed by atoms with Crippen molar-refractivity contribution in [3.63, 3.8) is 0 Å². The van der Waals surface area contributed by atoms with Gasteiger partial charge in [-0.15, -0.1) is 0 Å². The summed E-state index contributed by atoms with van der Waals surface area (Å²) in [7, 11) is 0. The van der Waals surface area contributed by atoms with E-state index >= 15 is 0 Å². The van der Waals surface area contributed by atoms with Crippen LogP contribution >= 0.6 is 0 Å². The van der Waals surface area contributed by atoms with Gasteiger partial charge in [0.1, 0.15) is 0 Å². The number of para-hydroxylation sites is 1. The Balaban J connectivity index is 2.89. The third-order valence-electron chi connectivity index (χ3n) is 1.32. The van der Waals surface area contributed by atoms with Crippen LogP contribution in [0.3, 0.4) is 0 Å². The molecular weight excluding hydrogens is 268 g/mol. The molecule has 0 saturated carbocycles. The van der Waals surface area contributed by atoms with E-state index in [1.54, 1.807) is 0 Å². The van der Waals surface area contributed by atoms with Crippen LogP contribution in [-0.4, -0.2) is 26.9 Å². The molecule has 0 atom stereocenters. The fraction of sp³-hybridized carbons (Fsp3) is 0.222. The molecule has 0 bridgehead atoms. The van der Waals surface area contributed by atoms with Gasteiger partial charge in [0.2, 0.25) is 0 Å². The van der Waals surface area contributed by atoms with Gasteiger partial charge in [-0.25, -0.2) is 0 Å². The zero-order chi connectivity index (χ0) is 8.97. The molecule has 0 aromatic heterocycles. The van der Waals surface area contributed by atoms with E-state index in [-0.39, 0.29) is 26.9 Å². The summed E-state index contributed by atoms with van der Waals surface area (Å²) in [4.78, 5) is 12.8. The van der Waals surface area contributed by atoms with Gasteiger partial charge in [0.05, 0.1) is 0 Å². The summed E-state index contributed by atoms with van der Waals surface area (Å²) in [5.74, 6) is 0.485. The molecule has 2 nitrogen and oxygen atoms in total. The Bertz CT molecular complexity index is 284. The van der Waals surface area contributed by atoms with Gasteiger partial charge in [-0.2, -0.15) is 0 Å². The molecule has 3 heteroatoms. The topological polar surface area (TPSA) is 26.3 Å². The Morgan fingerprint density at radius 3 is 2.67 bits per heavy atom. The molecule has 0 saturated heterocycles. The third kappa shape index (κ3) is 2.51. The van der Waals surface area contributed by atoms with Gasteiger partial charge in [0.15, 0.2) is 0 Å². The first-order chi connectivity index (χ1) is 5.74. The Kier molecular flexibility index (Phi) is 3.58. The van der Waals surface area contributed by atoms with E-state index in [0.29, 0.717) is 0 Å². The Morgan fingerprint density at radius 2 is 2.08 bits per heavy atom. The van der Waals surface area contributed by atoms with Crippen LogP contribution in [0.25, 0.3) is 0 Å². The molecular formula is C9H10O2Te. The molecule has 0 fully saturated rings. The monoisotopic (exact) mass is 280 g/mol. The van der Waals surface area contributed by atoms with Crippen molar-refractivity contribution in [2.45, 2.75) is 11.9 Å². The van der Waals surface area contributed by atoms with Crippen molar-refractivity contribution in [2.75, 3.05) is 0 Å². The van der Waals surface area contributed by atoms with E-state index in [2.05, 4.69) is 4.97 Å². The number of benzene rings is 1. The van der Waals surface area contributed by atoms with Crippen molar-refractivity contribution in [3.8, 4) is 5.75 Å². The molecule has 0 N–H and O–H groups in total. The maximum absolute atomic E-state index is 10.7. The number of esters is 1. The third-order valence-corrected chi connectivity index (χ3v) is 3.54. The maximum atomic E-state index is 10.7. The second kappa shape index (κ2) is 4.49. The molecule has 0 aliphatic heterocycles. The second-order valence-corrected chi connectivity index (χ2v) is 4.66. The van der Waals surface area contributed by atoms with Gasteiger partial charge >= 0.3 is 81.9 Å². The Hall–Kier alpha value is -0.520. The van der Waals surface area contributed by atoms with Crippen molar-refractivity contribution in [3.05, 3.63) is 24.3 Å². The molecule has 0 heterocycles.